The van der Waals surface area contributed by atoms with E-state index < -0.39 is 5.97 Å². The first-order valence-electron chi connectivity index (χ1n) is 8.97. The van der Waals surface area contributed by atoms with Crippen LogP contribution in [0.4, 0.5) is 17.5 Å². The van der Waals surface area contributed by atoms with Crippen LogP contribution in [0.5, 0.6) is 11.5 Å². The Balaban J connectivity index is 1.55. The standard InChI is InChI=1S/C21H22N4O4/c1-27-15-7-9-16(10-8-15)29-14-13-22-19-11-12-23-21(25-19)24-18-6-4-3-5-17(18)20(26)28-2/h3-12H,13-14H2,1-2H3,(H2,22,23,24,25). The highest BCUT2D eigenvalue weighted by Gasteiger charge is 2.12. The van der Waals surface area contributed by atoms with Crippen molar-refractivity contribution >= 4 is 23.4 Å². The number of rotatable bonds is 9. The number of nitrogens with zero attached hydrogens (tertiary/aromatic N) is 2. The highest BCUT2D eigenvalue weighted by molar-refractivity contribution is 5.96. The van der Waals surface area contributed by atoms with Crippen LogP contribution in [0.2, 0.25) is 0 Å². The van der Waals surface area contributed by atoms with Gasteiger partial charge in [-0.3, -0.25) is 0 Å². The molecule has 0 amide bonds. The maximum Gasteiger partial charge on any atom is 0.339 e. The van der Waals surface area contributed by atoms with Gasteiger partial charge in [-0.2, -0.15) is 4.98 Å². The fourth-order valence-corrected chi connectivity index (χ4v) is 2.54. The van der Waals surface area contributed by atoms with Crippen LogP contribution < -0.4 is 20.1 Å². The van der Waals surface area contributed by atoms with Gasteiger partial charge in [0.2, 0.25) is 5.95 Å². The summed E-state index contributed by atoms with van der Waals surface area (Å²) in [6, 6.07) is 16.2. The number of hydrogen-bond donors (Lipinski definition) is 2. The average molecular weight is 394 g/mol. The molecule has 3 rings (SSSR count). The summed E-state index contributed by atoms with van der Waals surface area (Å²) < 4.78 is 15.6. The quantitative estimate of drug-likeness (QED) is 0.421. The Morgan fingerprint density at radius 1 is 1.00 bits per heavy atom. The molecule has 29 heavy (non-hydrogen) atoms. The fraction of sp³-hybridized carbons (Fsp3) is 0.190. The number of hydrogen-bond acceptors (Lipinski definition) is 8. The van der Waals surface area contributed by atoms with E-state index in [1.807, 2.05) is 30.3 Å². The number of nitrogens with one attached hydrogen (secondary N) is 2. The predicted molar refractivity (Wildman–Crippen MR) is 110 cm³/mol. The zero-order valence-corrected chi connectivity index (χ0v) is 16.2. The van der Waals surface area contributed by atoms with Gasteiger partial charge in [0.15, 0.2) is 0 Å². The van der Waals surface area contributed by atoms with Crippen molar-refractivity contribution < 1.29 is 19.0 Å². The number of carbonyl (C=O) groups excluding carboxylic acids is 1. The van der Waals surface area contributed by atoms with E-state index in [-0.39, 0.29) is 0 Å². The number of ether oxygens (including phenoxy) is 3. The van der Waals surface area contributed by atoms with Crippen molar-refractivity contribution in [2.45, 2.75) is 0 Å². The second-order valence-corrected chi connectivity index (χ2v) is 5.88. The first-order valence-corrected chi connectivity index (χ1v) is 8.97. The second-order valence-electron chi connectivity index (χ2n) is 5.88. The SMILES string of the molecule is COC(=O)c1ccccc1Nc1nccc(NCCOc2ccc(OC)cc2)n1. The zero-order chi connectivity index (χ0) is 20.5. The van der Waals surface area contributed by atoms with Gasteiger partial charge in [-0.1, -0.05) is 12.1 Å². The molecule has 0 fully saturated rings. The topological polar surface area (TPSA) is 94.6 Å². The molecule has 3 aromatic rings. The van der Waals surface area contributed by atoms with E-state index in [9.17, 15) is 4.79 Å². The number of aromatic nitrogens is 2. The number of esters is 1. The van der Waals surface area contributed by atoms with Crippen LogP contribution >= 0.6 is 0 Å². The van der Waals surface area contributed by atoms with Gasteiger partial charge < -0.3 is 24.8 Å². The first-order chi connectivity index (χ1) is 14.2. The van der Waals surface area contributed by atoms with E-state index in [0.29, 0.717) is 36.2 Å². The van der Waals surface area contributed by atoms with Crippen LogP contribution in [0.3, 0.4) is 0 Å². The molecule has 0 aliphatic heterocycles. The van der Waals surface area contributed by atoms with Gasteiger partial charge in [-0.25, -0.2) is 9.78 Å². The summed E-state index contributed by atoms with van der Waals surface area (Å²) >= 11 is 0. The molecule has 0 unspecified atom stereocenters. The summed E-state index contributed by atoms with van der Waals surface area (Å²) in [4.78, 5) is 20.5. The Bertz CT molecular complexity index is 947. The van der Waals surface area contributed by atoms with Gasteiger partial charge in [0.05, 0.1) is 32.0 Å². The van der Waals surface area contributed by atoms with E-state index in [1.54, 1.807) is 37.6 Å². The lowest BCUT2D eigenvalue weighted by Gasteiger charge is -2.11. The van der Waals surface area contributed by atoms with Crippen molar-refractivity contribution in [3.8, 4) is 11.5 Å². The number of methoxy groups -OCH3 is 2. The number of carbonyl (C=O) groups is 1. The van der Waals surface area contributed by atoms with Crippen LogP contribution in [-0.2, 0) is 4.74 Å². The largest absolute Gasteiger partial charge is 0.497 e. The van der Waals surface area contributed by atoms with Crippen LogP contribution in [0.15, 0.2) is 60.8 Å². The normalized spacial score (nSPS) is 10.1. The molecule has 0 atom stereocenters. The molecule has 8 nitrogen and oxygen atoms in total. The molecular formula is C21H22N4O4. The average Bonchev–Trinajstić information content (AvgIpc) is 2.77. The van der Waals surface area contributed by atoms with Gasteiger partial charge in [0, 0.05) is 6.20 Å². The Hall–Kier alpha value is -3.81. The van der Waals surface area contributed by atoms with Crippen molar-refractivity contribution in [2.75, 3.05) is 38.0 Å². The predicted octanol–water partition coefficient (Wildman–Crippen LogP) is 3.51. The maximum absolute atomic E-state index is 11.9. The minimum Gasteiger partial charge on any atom is -0.497 e. The van der Waals surface area contributed by atoms with Gasteiger partial charge in [0.25, 0.3) is 0 Å². The third kappa shape index (κ3) is 5.58. The summed E-state index contributed by atoms with van der Waals surface area (Å²) in [6.45, 7) is 1.02. The minimum atomic E-state index is -0.432. The Morgan fingerprint density at radius 3 is 2.52 bits per heavy atom. The Kier molecular flexibility index (Phi) is 6.83. The highest BCUT2D eigenvalue weighted by atomic mass is 16.5. The molecule has 0 saturated carbocycles. The third-order valence-corrected chi connectivity index (χ3v) is 3.97. The number of benzene rings is 2. The monoisotopic (exact) mass is 394 g/mol. The van der Waals surface area contributed by atoms with Crippen LogP contribution in [0, 0.1) is 0 Å². The van der Waals surface area contributed by atoms with E-state index >= 15 is 0 Å². The molecule has 8 heteroatoms. The fourth-order valence-electron chi connectivity index (χ4n) is 2.54. The third-order valence-electron chi connectivity index (χ3n) is 3.97. The molecule has 150 valence electrons. The minimum absolute atomic E-state index is 0.363. The van der Waals surface area contributed by atoms with E-state index in [4.69, 9.17) is 14.2 Å². The lowest BCUT2D eigenvalue weighted by Crippen LogP contribution is -2.13. The van der Waals surface area contributed by atoms with Crippen molar-refractivity contribution in [1.82, 2.24) is 9.97 Å². The zero-order valence-electron chi connectivity index (χ0n) is 16.2. The molecule has 2 N–H and O–H groups in total. The molecule has 0 radical (unpaired) electrons. The van der Waals surface area contributed by atoms with Crippen LogP contribution in [-0.4, -0.2) is 43.3 Å². The number of para-hydroxylation sites is 1. The van der Waals surface area contributed by atoms with Crippen molar-refractivity contribution in [2.24, 2.45) is 0 Å². The lowest BCUT2D eigenvalue weighted by atomic mass is 10.2. The summed E-state index contributed by atoms with van der Waals surface area (Å²) in [5, 5.41) is 6.23. The van der Waals surface area contributed by atoms with E-state index in [0.717, 1.165) is 11.5 Å². The van der Waals surface area contributed by atoms with Gasteiger partial charge in [-0.15, -0.1) is 0 Å². The van der Waals surface area contributed by atoms with Crippen LogP contribution in [0.25, 0.3) is 0 Å². The Morgan fingerprint density at radius 2 is 1.76 bits per heavy atom. The molecule has 1 aromatic heterocycles. The molecule has 0 spiro atoms. The van der Waals surface area contributed by atoms with Crippen molar-refractivity contribution in [3.63, 3.8) is 0 Å². The van der Waals surface area contributed by atoms with Gasteiger partial charge in [0.1, 0.15) is 23.9 Å². The summed E-state index contributed by atoms with van der Waals surface area (Å²) in [5.41, 5.74) is 0.976. The molecule has 0 bridgehead atoms. The van der Waals surface area contributed by atoms with Gasteiger partial charge in [-0.05, 0) is 42.5 Å². The summed E-state index contributed by atoms with van der Waals surface area (Å²) in [7, 11) is 2.97. The van der Waals surface area contributed by atoms with Crippen molar-refractivity contribution in [3.05, 3.63) is 66.4 Å². The first kappa shape index (κ1) is 19.9. The second kappa shape index (κ2) is 9.93. The van der Waals surface area contributed by atoms with Crippen LogP contribution in [0.1, 0.15) is 10.4 Å². The number of anilines is 3. The summed E-state index contributed by atoms with van der Waals surface area (Å²) in [6.07, 6.45) is 1.63. The smallest absolute Gasteiger partial charge is 0.339 e. The molecule has 1 heterocycles. The summed E-state index contributed by atoms with van der Waals surface area (Å²) in [5.74, 6) is 2.11. The maximum atomic E-state index is 11.9. The molecule has 0 saturated heterocycles. The van der Waals surface area contributed by atoms with E-state index in [1.165, 1.54) is 7.11 Å². The molecular weight excluding hydrogens is 372 g/mol. The molecule has 0 aliphatic rings. The van der Waals surface area contributed by atoms with Crippen molar-refractivity contribution in [1.29, 1.82) is 0 Å². The highest BCUT2D eigenvalue weighted by Crippen LogP contribution is 2.20. The van der Waals surface area contributed by atoms with E-state index in [2.05, 4.69) is 20.6 Å². The lowest BCUT2D eigenvalue weighted by molar-refractivity contribution is 0.0602. The van der Waals surface area contributed by atoms with Gasteiger partial charge >= 0.3 is 5.97 Å². The molecule has 2 aromatic carbocycles. The Labute approximate surface area is 168 Å². The molecule has 0 aliphatic carbocycles.